The van der Waals surface area contributed by atoms with Crippen LogP contribution in [0.25, 0.3) is 22.3 Å². The Kier molecular flexibility index (Phi) is 8.01. The molecule has 254 valence electrons. The van der Waals surface area contributed by atoms with Crippen molar-refractivity contribution < 1.29 is 34.2 Å². The molecule has 16 nitrogen and oxygen atoms in total. The van der Waals surface area contributed by atoms with Crippen LogP contribution in [0.2, 0.25) is 0 Å². The van der Waals surface area contributed by atoms with Gasteiger partial charge in [-0.15, -0.1) is 0 Å². The molecule has 6 heterocycles. The number of carbonyl (C=O) groups is 3. The molecular formula is C33H34N8O8. The van der Waals surface area contributed by atoms with Crippen LogP contribution in [0.4, 0.5) is 10.7 Å². The van der Waals surface area contributed by atoms with Gasteiger partial charge in [-0.05, 0) is 50.3 Å². The first kappa shape index (κ1) is 32.1. The smallest absolute Gasteiger partial charge is 0.415 e. The second-order valence-corrected chi connectivity index (χ2v) is 12.5. The van der Waals surface area contributed by atoms with Crippen LogP contribution in [-0.2, 0) is 34.8 Å². The summed E-state index contributed by atoms with van der Waals surface area (Å²) in [5.74, 6) is -0.739. The molecule has 1 atom stereocenters. The number of aromatic nitrogens is 4. The number of cyclic esters (lactones) is 1. The van der Waals surface area contributed by atoms with E-state index in [9.17, 15) is 24.3 Å². The van der Waals surface area contributed by atoms with Crippen molar-refractivity contribution in [3.63, 3.8) is 0 Å². The summed E-state index contributed by atoms with van der Waals surface area (Å²) in [4.78, 5) is 69.9. The molecule has 0 bridgehead atoms. The van der Waals surface area contributed by atoms with Crippen molar-refractivity contribution in [2.24, 2.45) is 0 Å². The highest BCUT2D eigenvalue weighted by Gasteiger charge is 2.45. The molecule has 16 heteroatoms. The van der Waals surface area contributed by atoms with Gasteiger partial charge in [0.2, 0.25) is 5.95 Å². The molecule has 1 saturated heterocycles. The number of pyridine rings is 2. The maximum atomic E-state index is 13.7. The highest BCUT2D eigenvalue weighted by Crippen LogP contribution is 2.41. The Morgan fingerprint density at radius 2 is 1.82 bits per heavy atom. The van der Waals surface area contributed by atoms with E-state index in [1.54, 1.807) is 46.1 Å². The molecule has 0 unspecified atom stereocenters. The van der Waals surface area contributed by atoms with E-state index in [-0.39, 0.29) is 41.8 Å². The van der Waals surface area contributed by atoms with Crippen LogP contribution in [0.5, 0.6) is 5.75 Å². The number of nitrogens with one attached hydrogen (secondary N) is 1. The Balaban J connectivity index is 1.15. The molecule has 0 aliphatic carbocycles. The summed E-state index contributed by atoms with van der Waals surface area (Å²) in [7, 11) is 3.87. The Hall–Kier alpha value is -5.45. The predicted molar refractivity (Wildman–Crippen MR) is 173 cm³/mol. The van der Waals surface area contributed by atoms with Gasteiger partial charge in [-0.3, -0.25) is 14.8 Å². The lowest BCUT2D eigenvalue weighted by atomic mass is 9.86. The summed E-state index contributed by atoms with van der Waals surface area (Å²) in [5, 5.41) is 20.8. The zero-order valence-electron chi connectivity index (χ0n) is 27.1. The van der Waals surface area contributed by atoms with E-state index in [0.717, 1.165) is 16.5 Å². The molecule has 0 radical (unpaired) electrons. The fourth-order valence-corrected chi connectivity index (χ4v) is 6.62. The van der Waals surface area contributed by atoms with Crippen molar-refractivity contribution in [3.05, 3.63) is 74.8 Å². The van der Waals surface area contributed by atoms with Crippen LogP contribution in [0.3, 0.4) is 0 Å². The first-order valence-electron chi connectivity index (χ1n) is 15.8. The third kappa shape index (κ3) is 5.43. The summed E-state index contributed by atoms with van der Waals surface area (Å²) in [5.41, 5.74) is 3.42. The zero-order valence-corrected chi connectivity index (χ0v) is 27.1. The largest absolute Gasteiger partial charge is 0.458 e. The molecule has 3 aliphatic rings. The number of esters is 1. The molecular weight excluding hydrogens is 636 g/mol. The van der Waals surface area contributed by atoms with Gasteiger partial charge >= 0.3 is 12.1 Å². The van der Waals surface area contributed by atoms with E-state index >= 15 is 0 Å². The number of fused-ring (bicyclic) bond motifs is 5. The Morgan fingerprint density at radius 3 is 2.49 bits per heavy atom. The minimum absolute atomic E-state index is 0.0540. The highest BCUT2D eigenvalue weighted by molar-refractivity contribution is 5.93. The van der Waals surface area contributed by atoms with Gasteiger partial charge in [-0.25, -0.2) is 30.0 Å². The summed E-state index contributed by atoms with van der Waals surface area (Å²) in [6.07, 6.45) is 2.17. The Bertz CT molecular complexity index is 2070. The highest BCUT2D eigenvalue weighted by atomic mass is 16.6. The lowest BCUT2D eigenvalue weighted by Crippen LogP contribution is -2.50. The number of rotatable bonds is 6. The van der Waals surface area contributed by atoms with Crippen LogP contribution in [0.15, 0.2) is 41.5 Å². The first-order chi connectivity index (χ1) is 23.5. The van der Waals surface area contributed by atoms with E-state index in [2.05, 4.69) is 9.97 Å². The average molecular weight is 671 g/mol. The summed E-state index contributed by atoms with van der Waals surface area (Å²) < 4.78 is 12.6. The third-order valence-corrected chi connectivity index (χ3v) is 9.28. The third-order valence-electron chi connectivity index (χ3n) is 9.28. The molecule has 49 heavy (non-hydrogen) atoms. The first-order valence-corrected chi connectivity index (χ1v) is 15.8. The number of ether oxygens (including phenoxy) is 2. The summed E-state index contributed by atoms with van der Waals surface area (Å²) in [6, 6.07) is 6.92. The van der Waals surface area contributed by atoms with Crippen LogP contribution < -0.4 is 20.7 Å². The number of piperazine rings is 1. The molecule has 3 N–H and O–H groups in total. The van der Waals surface area contributed by atoms with Crippen molar-refractivity contribution in [2.75, 3.05) is 45.2 Å². The van der Waals surface area contributed by atoms with Gasteiger partial charge in [0.05, 0.1) is 34.6 Å². The molecule has 3 aliphatic heterocycles. The Labute approximate surface area is 279 Å². The van der Waals surface area contributed by atoms with Crippen LogP contribution >= 0.6 is 0 Å². The minimum atomic E-state index is -1.92. The maximum Gasteiger partial charge on any atom is 0.415 e. The van der Waals surface area contributed by atoms with Crippen LogP contribution in [0, 0.1) is 0 Å². The van der Waals surface area contributed by atoms with Gasteiger partial charge < -0.3 is 33.8 Å². The number of hydrogen-bond acceptors (Lipinski definition) is 13. The second-order valence-electron chi connectivity index (χ2n) is 12.5. The van der Waals surface area contributed by atoms with Crippen molar-refractivity contribution in [3.8, 4) is 17.1 Å². The number of aliphatic hydroxyl groups is 1. The quantitative estimate of drug-likeness (QED) is 0.133. The number of nitrogens with zero attached hydrogens (tertiary/aromatic N) is 7. The van der Waals surface area contributed by atoms with Crippen molar-refractivity contribution >= 4 is 34.8 Å². The number of carbonyl (C=O) groups excluding carboxylic acids is 3. The topological polar surface area (TPSA) is 193 Å². The number of hydrogen-bond donors (Lipinski definition) is 3. The molecule has 0 spiro atoms. The van der Waals surface area contributed by atoms with Gasteiger partial charge in [-0.2, -0.15) is 0 Å². The van der Waals surface area contributed by atoms with Crippen molar-refractivity contribution in [2.45, 2.75) is 38.6 Å². The van der Waals surface area contributed by atoms with Crippen LogP contribution in [-0.4, -0.2) is 97.9 Å². The molecule has 3 aromatic heterocycles. The van der Waals surface area contributed by atoms with Gasteiger partial charge in [0, 0.05) is 61.6 Å². The molecule has 0 saturated carbocycles. The fourth-order valence-electron chi connectivity index (χ4n) is 6.62. The minimum Gasteiger partial charge on any atom is -0.458 e. The fraction of sp³-hybridized carbons (Fsp3) is 0.364. The van der Waals surface area contributed by atoms with Gasteiger partial charge in [0.1, 0.15) is 12.4 Å². The van der Waals surface area contributed by atoms with E-state index in [0.29, 0.717) is 61.3 Å². The number of anilines is 1. The van der Waals surface area contributed by atoms with Gasteiger partial charge in [0.15, 0.2) is 5.60 Å². The molecule has 1 aromatic carbocycles. The van der Waals surface area contributed by atoms with E-state index in [4.69, 9.17) is 19.7 Å². The summed E-state index contributed by atoms with van der Waals surface area (Å²) >= 11 is 0. The number of benzene rings is 1. The number of hydroxylamine groups is 1. The van der Waals surface area contributed by atoms with Crippen molar-refractivity contribution in [1.82, 2.24) is 34.8 Å². The second kappa shape index (κ2) is 12.2. The lowest BCUT2D eigenvalue weighted by molar-refractivity contribution is -0.172. The molecule has 2 amide bonds. The lowest BCUT2D eigenvalue weighted by Gasteiger charge is -2.34. The van der Waals surface area contributed by atoms with E-state index in [1.807, 2.05) is 23.9 Å². The summed E-state index contributed by atoms with van der Waals surface area (Å²) in [6.45, 7) is 3.82. The maximum absolute atomic E-state index is 13.7. The predicted octanol–water partition coefficient (Wildman–Crippen LogP) is 1.37. The normalized spacial score (nSPS) is 18.2. The molecule has 4 aromatic rings. The number of amides is 2. The van der Waals surface area contributed by atoms with Crippen molar-refractivity contribution in [1.29, 1.82) is 0 Å². The van der Waals surface area contributed by atoms with E-state index in [1.165, 1.54) is 12.4 Å². The monoisotopic (exact) mass is 670 g/mol. The Morgan fingerprint density at radius 1 is 1.08 bits per heavy atom. The standard InChI is InChI=1S/C33H34N8O8/c1-4-33(46)24-12-26-27-22(16-41(26)29(43)23(24)17-48-30(33)44)21(15-38(2)3)20-11-19(5-6-25(20)36-27)49-32(45)40-9-7-39(8-10-40)31-34-13-18(14-35-31)28(42)37-47/h5-6,11-14,46-47H,4,7-10,15-17H2,1-3H3,(H,37,42)/t33-/m0/s1. The van der Waals surface area contributed by atoms with Gasteiger partial charge in [0.25, 0.3) is 11.5 Å². The SMILES string of the molecule is CC[C@@]1(O)C(=O)OCc2c1cc1n(c2=O)Cc2c-1nc1ccc(OC(=O)N3CCN(c4ncc(C(=O)NO)cn4)CC3)cc1c2CN(C)C. The van der Waals surface area contributed by atoms with Gasteiger partial charge in [-0.1, -0.05) is 6.92 Å². The molecule has 7 rings (SSSR count). The van der Waals surface area contributed by atoms with Crippen LogP contribution in [0.1, 0.15) is 46.0 Å². The zero-order chi connectivity index (χ0) is 34.6. The van der Waals surface area contributed by atoms with E-state index < -0.39 is 23.6 Å². The average Bonchev–Trinajstić information content (AvgIpc) is 3.48. The molecule has 1 fully saturated rings.